The Morgan fingerprint density at radius 3 is 2.69 bits per heavy atom. The van der Waals surface area contributed by atoms with Crippen LogP contribution in [-0.4, -0.2) is 30.7 Å². The molecule has 0 spiro atoms. The minimum absolute atomic E-state index is 0.00519. The van der Waals surface area contributed by atoms with Gasteiger partial charge in [0.2, 0.25) is 5.91 Å². The molecule has 2 fully saturated rings. The first-order valence-electron chi connectivity index (χ1n) is 6.19. The van der Waals surface area contributed by atoms with Crippen LogP contribution in [0.15, 0.2) is 0 Å². The van der Waals surface area contributed by atoms with E-state index in [-0.39, 0.29) is 11.9 Å². The van der Waals surface area contributed by atoms with Gasteiger partial charge in [-0.05, 0) is 39.0 Å². The van der Waals surface area contributed by atoms with Crippen LogP contribution in [0.25, 0.3) is 0 Å². The second-order valence-electron chi connectivity index (χ2n) is 5.44. The summed E-state index contributed by atoms with van der Waals surface area (Å²) in [5.74, 6) is 0.813. The third-order valence-electron chi connectivity index (χ3n) is 3.95. The van der Waals surface area contributed by atoms with Gasteiger partial charge in [-0.15, -0.1) is 0 Å². The second kappa shape index (κ2) is 4.34. The van der Waals surface area contributed by atoms with Crippen molar-refractivity contribution < 1.29 is 9.53 Å². The molecule has 0 aromatic carbocycles. The number of hydrogen-bond acceptors (Lipinski definition) is 3. The van der Waals surface area contributed by atoms with Gasteiger partial charge in [-0.25, -0.2) is 0 Å². The number of nitrogens with one attached hydrogen (secondary N) is 1. The number of hydrogen-bond donors (Lipinski definition) is 2. The summed E-state index contributed by atoms with van der Waals surface area (Å²) >= 11 is 0. The first kappa shape index (κ1) is 11.9. The summed E-state index contributed by atoms with van der Waals surface area (Å²) in [6, 6.07) is 0.164. The maximum Gasteiger partial charge on any atom is 0.240 e. The molecule has 3 N–H and O–H groups in total. The van der Waals surface area contributed by atoms with Gasteiger partial charge in [0.1, 0.15) is 0 Å². The van der Waals surface area contributed by atoms with E-state index in [1.165, 1.54) is 0 Å². The standard InChI is InChI=1S/C12H22N2O2/c1-8(9-5-6-16-7-9)14-11(15)12(2,13)10-3-4-10/h8-10H,3-7,13H2,1-2H3,(H,14,15). The molecule has 3 unspecified atom stereocenters. The molecule has 1 saturated carbocycles. The lowest BCUT2D eigenvalue weighted by Gasteiger charge is -2.27. The molecule has 2 rings (SSSR count). The summed E-state index contributed by atoms with van der Waals surface area (Å²) in [6.45, 7) is 5.46. The van der Waals surface area contributed by atoms with Gasteiger partial charge in [0.05, 0.1) is 12.1 Å². The molecule has 1 aliphatic heterocycles. The number of ether oxygens (including phenoxy) is 1. The molecule has 1 aliphatic carbocycles. The molecule has 4 heteroatoms. The Morgan fingerprint density at radius 2 is 2.19 bits per heavy atom. The number of nitrogens with two attached hydrogens (primary N) is 1. The predicted molar refractivity (Wildman–Crippen MR) is 61.8 cm³/mol. The Kier molecular flexibility index (Phi) is 3.22. The molecular weight excluding hydrogens is 204 g/mol. The van der Waals surface area contributed by atoms with Gasteiger partial charge in [-0.2, -0.15) is 0 Å². The van der Waals surface area contributed by atoms with Crippen LogP contribution in [0.3, 0.4) is 0 Å². The van der Waals surface area contributed by atoms with Crippen LogP contribution in [0.1, 0.15) is 33.1 Å². The molecule has 0 aromatic heterocycles. The van der Waals surface area contributed by atoms with Crippen LogP contribution in [0.5, 0.6) is 0 Å². The van der Waals surface area contributed by atoms with Crippen LogP contribution < -0.4 is 11.1 Å². The minimum Gasteiger partial charge on any atom is -0.381 e. The lowest BCUT2D eigenvalue weighted by Crippen LogP contribution is -2.56. The Balaban J connectivity index is 1.85. The van der Waals surface area contributed by atoms with Gasteiger partial charge in [-0.3, -0.25) is 4.79 Å². The van der Waals surface area contributed by atoms with Crippen molar-refractivity contribution in [1.29, 1.82) is 0 Å². The number of carbonyl (C=O) groups excluding carboxylic acids is 1. The summed E-state index contributed by atoms with van der Waals surface area (Å²) in [5, 5.41) is 3.04. The van der Waals surface area contributed by atoms with Gasteiger partial charge < -0.3 is 15.8 Å². The topological polar surface area (TPSA) is 64.4 Å². The Labute approximate surface area is 96.9 Å². The monoisotopic (exact) mass is 226 g/mol. The highest BCUT2D eigenvalue weighted by Gasteiger charge is 2.44. The predicted octanol–water partition coefficient (Wildman–Crippen LogP) is 0.655. The minimum atomic E-state index is -0.687. The maximum atomic E-state index is 12.0. The zero-order valence-corrected chi connectivity index (χ0v) is 10.2. The zero-order valence-electron chi connectivity index (χ0n) is 10.2. The van der Waals surface area contributed by atoms with Crippen molar-refractivity contribution in [1.82, 2.24) is 5.32 Å². The highest BCUT2D eigenvalue weighted by atomic mass is 16.5. The highest BCUT2D eigenvalue weighted by molar-refractivity contribution is 5.86. The van der Waals surface area contributed by atoms with E-state index < -0.39 is 5.54 Å². The highest BCUT2D eigenvalue weighted by Crippen LogP contribution is 2.38. The summed E-state index contributed by atoms with van der Waals surface area (Å²) in [5.41, 5.74) is 5.38. The molecular formula is C12H22N2O2. The quantitative estimate of drug-likeness (QED) is 0.740. The summed E-state index contributed by atoms with van der Waals surface area (Å²) in [7, 11) is 0. The van der Waals surface area contributed by atoms with Crippen molar-refractivity contribution in [2.45, 2.75) is 44.7 Å². The van der Waals surface area contributed by atoms with Crippen molar-refractivity contribution >= 4 is 5.91 Å². The van der Waals surface area contributed by atoms with Crippen molar-refractivity contribution in [3.05, 3.63) is 0 Å². The Bertz CT molecular complexity index is 268. The molecule has 1 amide bonds. The first-order chi connectivity index (χ1) is 7.51. The largest absolute Gasteiger partial charge is 0.381 e. The zero-order chi connectivity index (χ0) is 11.8. The van der Waals surface area contributed by atoms with Crippen LogP contribution in [0, 0.1) is 11.8 Å². The van der Waals surface area contributed by atoms with Gasteiger partial charge >= 0.3 is 0 Å². The fraction of sp³-hybridized carbons (Fsp3) is 0.917. The average molecular weight is 226 g/mol. The van der Waals surface area contributed by atoms with Crippen LogP contribution in [-0.2, 0) is 9.53 Å². The van der Waals surface area contributed by atoms with Crippen molar-refractivity contribution in [2.24, 2.45) is 17.6 Å². The summed E-state index contributed by atoms with van der Waals surface area (Å²) in [6.07, 6.45) is 3.20. The van der Waals surface area contributed by atoms with Crippen LogP contribution in [0.2, 0.25) is 0 Å². The molecule has 2 aliphatic rings. The van der Waals surface area contributed by atoms with Crippen LogP contribution >= 0.6 is 0 Å². The van der Waals surface area contributed by atoms with E-state index >= 15 is 0 Å². The first-order valence-corrected chi connectivity index (χ1v) is 6.19. The maximum absolute atomic E-state index is 12.0. The second-order valence-corrected chi connectivity index (χ2v) is 5.44. The van der Waals surface area contributed by atoms with E-state index in [1.807, 2.05) is 13.8 Å². The number of carbonyl (C=O) groups is 1. The molecule has 3 atom stereocenters. The lowest BCUT2D eigenvalue weighted by molar-refractivity contribution is -0.127. The van der Waals surface area contributed by atoms with E-state index in [0.29, 0.717) is 11.8 Å². The molecule has 1 saturated heterocycles. The Morgan fingerprint density at radius 1 is 1.50 bits per heavy atom. The molecule has 4 nitrogen and oxygen atoms in total. The SMILES string of the molecule is CC(NC(=O)C(C)(N)C1CC1)C1CCOC1. The molecule has 92 valence electrons. The smallest absolute Gasteiger partial charge is 0.240 e. The Hall–Kier alpha value is -0.610. The normalized spacial score (nSPS) is 30.8. The van der Waals surface area contributed by atoms with E-state index in [4.69, 9.17) is 10.5 Å². The number of amides is 1. The molecule has 1 heterocycles. The van der Waals surface area contributed by atoms with E-state index in [2.05, 4.69) is 5.32 Å². The molecule has 0 bridgehead atoms. The van der Waals surface area contributed by atoms with E-state index in [1.54, 1.807) is 0 Å². The van der Waals surface area contributed by atoms with Gasteiger partial charge in [-0.1, -0.05) is 0 Å². The summed E-state index contributed by atoms with van der Waals surface area (Å²) in [4.78, 5) is 12.0. The average Bonchev–Trinajstić information content (AvgIpc) is 2.95. The van der Waals surface area contributed by atoms with E-state index in [0.717, 1.165) is 32.5 Å². The lowest BCUT2D eigenvalue weighted by atomic mass is 9.94. The molecule has 0 radical (unpaired) electrons. The fourth-order valence-corrected chi connectivity index (χ4v) is 2.30. The summed E-state index contributed by atoms with van der Waals surface area (Å²) < 4.78 is 5.32. The van der Waals surface area contributed by atoms with E-state index in [9.17, 15) is 4.79 Å². The van der Waals surface area contributed by atoms with Gasteiger partial charge in [0, 0.05) is 18.6 Å². The van der Waals surface area contributed by atoms with Crippen molar-refractivity contribution in [2.75, 3.05) is 13.2 Å². The van der Waals surface area contributed by atoms with Crippen LogP contribution in [0.4, 0.5) is 0 Å². The van der Waals surface area contributed by atoms with Gasteiger partial charge in [0.15, 0.2) is 0 Å². The van der Waals surface area contributed by atoms with Crippen molar-refractivity contribution in [3.63, 3.8) is 0 Å². The third kappa shape index (κ3) is 2.38. The molecule has 0 aromatic rings. The van der Waals surface area contributed by atoms with Gasteiger partial charge in [0.25, 0.3) is 0 Å². The van der Waals surface area contributed by atoms with Crippen molar-refractivity contribution in [3.8, 4) is 0 Å². The fourth-order valence-electron chi connectivity index (χ4n) is 2.30. The molecule has 16 heavy (non-hydrogen) atoms. The number of rotatable bonds is 4. The third-order valence-corrected chi connectivity index (χ3v) is 3.95.